The molecule has 2 aromatic carbocycles. The second kappa shape index (κ2) is 6.80. The van der Waals surface area contributed by atoms with Crippen molar-refractivity contribution >= 4 is 11.5 Å². The van der Waals surface area contributed by atoms with Gasteiger partial charge in [-0.25, -0.2) is 4.79 Å². The van der Waals surface area contributed by atoms with Crippen LogP contribution in [-0.2, 0) is 20.4 Å². The molecule has 1 aliphatic rings. The molecule has 3 nitrogen and oxygen atoms in total. The minimum atomic E-state index is -0.544. The largest absolute Gasteiger partial charge is 0.507 e. The van der Waals surface area contributed by atoms with E-state index in [0.717, 1.165) is 17.5 Å². The highest BCUT2D eigenvalue weighted by atomic mass is 16.5. The minimum Gasteiger partial charge on any atom is -0.507 e. The fourth-order valence-corrected chi connectivity index (χ4v) is 4.21. The first-order valence-electron chi connectivity index (χ1n) is 9.74. The highest BCUT2D eigenvalue weighted by Gasteiger charge is 2.37. The van der Waals surface area contributed by atoms with Crippen LogP contribution in [0.3, 0.4) is 0 Å². The lowest BCUT2D eigenvalue weighted by molar-refractivity contribution is -0.133. The first kappa shape index (κ1) is 20.2. The summed E-state index contributed by atoms with van der Waals surface area (Å²) in [5.41, 5.74) is 6.88. The van der Waals surface area contributed by atoms with Crippen molar-refractivity contribution < 1.29 is 14.6 Å². The van der Waals surface area contributed by atoms with Crippen LogP contribution in [0.2, 0.25) is 0 Å². The second-order valence-electron chi connectivity index (χ2n) is 9.18. The molecular formula is C25H30O3. The molecule has 1 N–H and O–H groups in total. The first-order valence-corrected chi connectivity index (χ1v) is 9.74. The number of aryl methyl sites for hydroxylation is 1. The smallest absolute Gasteiger partial charge is 0.337 e. The van der Waals surface area contributed by atoms with Gasteiger partial charge >= 0.3 is 5.97 Å². The highest BCUT2D eigenvalue weighted by Crippen LogP contribution is 2.47. The van der Waals surface area contributed by atoms with Gasteiger partial charge in [0.25, 0.3) is 0 Å². The maximum absolute atomic E-state index is 11.9. The van der Waals surface area contributed by atoms with E-state index in [0.29, 0.717) is 5.56 Å². The molecule has 3 rings (SSSR count). The van der Waals surface area contributed by atoms with Gasteiger partial charge in [0.15, 0.2) is 0 Å². The molecule has 0 heterocycles. The molecule has 0 saturated carbocycles. The number of hydrogen-bond acceptors (Lipinski definition) is 3. The van der Waals surface area contributed by atoms with Crippen LogP contribution in [0.1, 0.15) is 62.8 Å². The van der Waals surface area contributed by atoms with Gasteiger partial charge in [0.05, 0.1) is 12.7 Å². The van der Waals surface area contributed by atoms with Crippen molar-refractivity contribution in [2.24, 2.45) is 0 Å². The fourth-order valence-electron chi connectivity index (χ4n) is 4.21. The van der Waals surface area contributed by atoms with Crippen LogP contribution in [0, 0.1) is 6.92 Å². The van der Waals surface area contributed by atoms with Gasteiger partial charge in [0.1, 0.15) is 5.75 Å². The van der Waals surface area contributed by atoms with E-state index in [2.05, 4.69) is 53.3 Å². The molecule has 1 aliphatic carbocycles. The van der Waals surface area contributed by atoms with E-state index in [1.807, 2.05) is 12.1 Å². The SMILES string of the molecule is C=C(C(=O)OC)c1cc(-c2cc3c(cc2C)C(C)(C)CCC3(C)C)ccc1O. The third kappa shape index (κ3) is 3.34. The Balaban J connectivity index is 2.18. The molecule has 0 aromatic heterocycles. The van der Waals surface area contributed by atoms with E-state index < -0.39 is 5.97 Å². The summed E-state index contributed by atoms with van der Waals surface area (Å²) in [5.74, 6) is -0.520. The number of ether oxygens (including phenoxy) is 1. The van der Waals surface area contributed by atoms with E-state index >= 15 is 0 Å². The number of phenolic OH excluding ortho intramolecular Hbond substituents is 1. The van der Waals surface area contributed by atoms with Crippen LogP contribution < -0.4 is 0 Å². The van der Waals surface area contributed by atoms with E-state index in [1.165, 1.54) is 30.2 Å². The van der Waals surface area contributed by atoms with Crippen molar-refractivity contribution in [3.8, 4) is 16.9 Å². The van der Waals surface area contributed by atoms with Gasteiger partial charge in [-0.05, 0) is 70.5 Å². The predicted octanol–water partition coefficient (Wildman–Crippen LogP) is 5.90. The van der Waals surface area contributed by atoms with Crippen LogP contribution in [0.25, 0.3) is 16.7 Å². The number of carbonyl (C=O) groups excluding carboxylic acids is 1. The Bertz CT molecular complexity index is 964. The average Bonchev–Trinajstić information content (AvgIpc) is 2.64. The van der Waals surface area contributed by atoms with Gasteiger partial charge in [-0.1, -0.05) is 52.5 Å². The number of carbonyl (C=O) groups is 1. The Kier molecular flexibility index (Phi) is 4.91. The second-order valence-corrected chi connectivity index (χ2v) is 9.18. The number of hydrogen-bond donors (Lipinski definition) is 1. The minimum absolute atomic E-state index is 0.0243. The molecule has 0 fully saturated rings. The maximum atomic E-state index is 11.9. The number of aromatic hydroxyl groups is 1. The Hall–Kier alpha value is -2.55. The van der Waals surface area contributed by atoms with E-state index in [1.54, 1.807) is 6.07 Å². The Morgan fingerprint density at radius 3 is 2.18 bits per heavy atom. The molecule has 2 aromatic rings. The Morgan fingerprint density at radius 1 is 1.04 bits per heavy atom. The van der Waals surface area contributed by atoms with E-state index in [9.17, 15) is 9.90 Å². The number of phenols is 1. The summed E-state index contributed by atoms with van der Waals surface area (Å²) in [6, 6.07) is 9.94. The zero-order chi connectivity index (χ0) is 20.9. The van der Waals surface area contributed by atoms with Crippen LogP contribution in [0.15, 0.2) is 36.9 Å². The Morgan fingerprint density at radius 2 is 1.61 bits per heavy atom. The maximum Gasteiger partial charge on any atom is 0.337 e. The molecule has 0 bridgehead atoms. The molecule has 0 amide bonds. The van der Waals surface area contributed by atoms with Crippen LogP contribution in [-0.4, -0.2) is 18.2 Å². The van der Waals surface area contributed by atoms with Crippen molar-refractivity contribution in [1.82, 2.24) is 0 Å². The third-order valence-electron chi connectivity index (χ3n) is 6.26. The van der Waals surface area contributed by atoms with Gasteiger partial charge in [-0.3, -0.25) is 0 Å². The molecule has 28 heavy (non-hydrogen) atoms. The zero-order valence-corrected chi connectivity index (χ0v) is 17.8. The zero-order valence-electron chi connectivity index (χ0n) is 17.8. The van der Waals surface area contributed by atoms with Crippen molar-refractivity contribution in [1.29, 1.82) is 0 Å². The van der Waals surface area contributed by atoms with Crippen LogP contribution in [0.4, 0.5) is 0 Å². The quantitative estimate of drug-likeness (QED) is 0.534. The van der Waals surface area contributed by atoms with Crippen molar-refractivity contribution in [3.05, 3.63) is 59.2 Å². The standard InChI is InChI=1S/C25H30O3/c1-15-12-20-21(25(5,6)11-10-24(20,3)4)14-18(15)17-8-9-22(26)19(13-17)16(2)23(27)28-7/h8-9,12-14,26H,2,10-11H2,1,3-7H3. The lowest BCUT2D eigenvalue weighted by Crippen LogP contribution is -2.34. The van der Waals surface area contributed by atoms with Crippen molar-refractivity contribution in [3.63, 3.8) is 0 Å². The number of esters is 1. The van der Waals surface area contributed by atoms with Gasteiger partial charge < -0.3 is 9.84 Å². The summed E-state index contributed by atoms with van der Waals surface area (Å²) in [6.45, 7) is 15.2. The fraction of sp³-hybridized carbons (Fsp3) is 0.400. The van der Waals surface area contributed by atoms with Gasteiger partial charge in [-0.2, -0.15) is 0 Å². The summed E-state index contributed by atoms with van der Waals surface area (Å²) in [7, 11) is 1.31. The highest BCUT2D eigenvalue weighted by molar-refractivity contribution is 6.16. The lowest BCUT2D eigenvalue weighted by atomic mass is 9.62. The Labute approximate surface area is 168 Å². The topological polar surface area (TPSA) is 46.5 Å². The summed E-state index contributed by atoms with van der Waals surface area (Å²) >= 11 is 0. The molecule has 0 unspecified atom stereocenters. The third-order valence-corrected chi connectivity index (χ3v) is 6.26. The number of methoxy groups -OCH3 is 1. The molecule has 0 aliphatic heterocycles. The molecule has 148 valence electrons. The van der Waals surface area contributed by atoms with Gasteiger partial charge in [0.2, 0.25) is 0 Å². The molecule has 0 radical (unpaired) electrons. The summed E-state index contributed by atoms with van der Waals surface area (Å²) in [4.78, 5) is 11.9. The lowest BCUT2D eigenvalue weighted by Gasteiger charge is -2.42. The molecular weight excluding hydrogens is 348 g/mol. The number of rotatable bonds is 3. The van der Waals surface area contributed by atoms with Crippen molar-refractivity contribution in [2.75, 3.05) is 7.11 Å². The summed E-state index contributed by atoms with van der Waals surface area (Å²) in [5, 5.41) is 10.2. The normalized spacial score (nSPS) is 16.9. The molecule has 0 saturated heterocycles. The summed E-state index contributed by atoms with van der Waals surface area (Å²) < 4.78 is 4.77. The molecule has 0 atom stereocenters. The van der Waals surface area contributed by atoms with Crippen molar-refractivity contribution in [2.45, 2.75) is 58.3 Å². The number of fused-ring (bicyclic) bond motifs is 1. The molecule has 0 spiro atoms. The van der Waals surface area contributed by atoms with E-state index in [4.69, 9.17) is 4.74 Å². The average molecular weight is 379 g/mol. The summed E-state index contributed by atoms with van der Waals surface area (Å²) in [6.07, 6.45) is 2.32. The van der Waals surface area contributed by atoms with Gasteiger partial charge in [-0.15, -0.1) is 0 Å². The monoisotopic (exact) mass is 378 g/mol. The first-order chi connectivity index (χ1) is 13.0. The number of benzene rings is 2. The van der Waals surface area contributed by atoms with Crippen LogP contribution >= 0.6 is 0 Å². The predicted molar refractivity (Wildman–Crippen MR) is 115 cm³/mol. The molecule has 3 heteroatoms. The van der Waals surface area contributed by atoms with E-state index in [-0.39, 0.29) is 22.2 Å². The van der Waals surface area contributed by atoms with Gasteiger partial charge in [0, 0.05) is 5.56 Å². The van der Waals surface area contributed by atoms with Crippen LogP contribution in [0.5, 0.6) is 5.75 Å².